The van der Waals surface area contributed by atoms with E-state index in [4.69, 9.17) is 5.26 Å². The molecule has 0 atom stereocenters. The molecule has 0 N–H and O–H groups in total. The molecular formula is C6H4F2IN3. The molecule has 12 heavy (non-hydrogen) atoms. The summed E-state index contributed by atoms with van der Waals surface area (Å²) in [5.41, 5.74) is 0.191. The Labute approximate surface area is 81.1 Å². The largest absolute Gasteiger partial charge is 0.265 e. The van der Waals surface area contributed by atoms with E-state index in [9.17, 15) is 8.78 Å². The molecule has 1 aromatic rings. The van der Waals surface area contributed by atoms with E-state index in [2.05, 4.69) is 5.10 Å². The smallest absolute Gasteiger partial charge is 0.257 e. The van der Waals surface area contributed by atoms with Crippen LogP contribution in [0.3, 0.4) is 0 Å². The second-order valence-electron chi connectivity index (χ2n) is 2.05. The SMILES string of the molecule is N#Cc1nn(CC(F)F)cc1I. The molecule has 3 nitrogen and oxygen atoms in total. The number of hydrogen-bond acceptors (Lipinski definition) is 2. The molecule has 0 radical (unpaired) electrons. The van der Waals surface area contributed by atoms with Crippen LogP contribution in [0.5, 0.6) is 0 Å². The zero-order chi connectivity index (χ0) is 9.14. The Morgan fingerprint density at radius 3 is 2.83 bits per heavy atom. The molecule has 0 saturated heterocycles. The minimum absolute atomic E-state index is 0.191. The molecule has 1 heterocycles. The average molecular weight is 283 g/mol. The first-order valence-electron chi connectivity index (χ1n) is 3.04. The van der Waals surface area contributed by atoms with E-state index in [-0.39, 0.29) is 5.69 Å². The van der Waals surface area contributed by atoms with Crippen molar-refractivity contribution >= 4 is 22.6 Å². The van der Waals surface area contributed by atoms with Gasteiger partial charge in [0.05, 0.1) is 3.57 Å². The summed E-state index contributed by atoms with van der Waals surface area (Å²) >= 11 is 1.88. The molecule has 0 spiro atoms. The fourth-order valence-corrected chi connectivity index (χ4v) is 1.26. The topological polar surface area (TPSA) is 41.6 Å². The highest BCUT2D eigenvalue weighted by Gasteiger charge is 2.08. The fourth-order valence-electron chi connectivity index (χ4n) is 0.708. The lowest BCUT2D eigenvalue weighted by Crippen LogP contribution is -2.06. The maximum absolute atomic E-state index is 11.8. The van der Waals surface area contributed by atoms with Gasteiger partial charge in [-0.3, -0.25) is 4.68 Å². The van der Waals surface area contributed by atoms with Crippen molar-refractivity contribution in [2.24, 2.45) is 0 Å². The molecule has 1 aromatic heterocycles. The second kappa shape index (κ2) is 3.80. The van der Waals surface area contributed by atoms with Gasteiger partial charge >= 0.3 is 0 Å². The maximum atomic E-state index is 11.8. The summed E-state index contributed by atoms with van der Waals surface area (Å²) in [7, 11) is 0. The van der Waals surface area contributed by atoms with Crippen LogP contribution in [0.2, 0.25) is 0 Å². The van der Waals surface area contributed by atoms with Gasteiger partial charge in [-0.1, -0.05) is 0 Å². The predicted octanol–water partition coefficient (Wildman–Crippen LogP) is 1.62. The number of aromatic nitrogens is 2. The molecule has 0 aliphatic carbocycles. The van der Waals surface area contributed by atoms with Crippen molar-refractivity contribution < 1.29 is 8.78 Å². The van der Waals surface area contributed by atoms with Gasteiger partial charge in [0.1, 0.15) is 12.6 Å². The lowest BCUT2D eigenvalue weighted by atomic mass is 10.5. The highest BCUT2D eigenvalue weighted by atomic mass is 127. The summed E-state index contributed by atoms with van der Waals surface area (Å²) in [6, 6.07) is 1.80. The van der Waals surface area contributed by atoms with Gasteiger partial charge in [-0.25, -0.2) is 8.78 Å². The van der Waals surface area contributed by atoms with Gasteiger partial charge in [-0.2, -0.15) is 10.4 Å². The zero-order valence-corrected chi connectivity index (χ0v) is 7.99. The van der Waals surface area contributed by atoms with E-state index >= 15 is 0 Å². The minimum atomic E-state index is -2.44. The third kappa shape index (κ3) is 2.14. The van der Waals surface area contributed by atoms with Gasteiger partial charge in [0.2, 0.25) is 0 Å². The Morgan fingerprint density at radius 1 is 1.75 bits per heavy atom. The molecule has 0 saturated carbocycles. The predicted molar refractivity (Wildman–Crippen MR) is 45.7 cm³/mol. The fraction of sp³-hybridized carbons (Fsp3) is 0.333. The number of rotatable bonds is 2. The van der Waals surface area contributed by atoms with Crippen LogP contribution in [0, 0.1) is 14.9 Å². The van der Waals surface area contributed by atoms with Crippen LogP contribution in [-0.4, -0.2) is 16.2 Å². The first-order valence-corrected chi connectivity index (χ1v) is 4.12. The first kappa shape index (κ1) is 9.38. The lowest BCUT2D eigenvalue weighted by Gasteiger charge is -1.96. The molecule has 0 aliphatic rings. The second-order valence-corrected chi connectivity index (χ2v) is 3.21. The van der Waals surface area contributed by atoms with E-state index in [1.807, 2.05) is 22.6 Å². The summed E-state index contributed by atoms with van der Waals surface area (Å²) in [5.74, 6) is 0. The normalized spacial score (nSPS) is 10.2. The molecule has 0 fully saturated rings. The van der Waals surface area contributed by atoms with E-state index in [1.54, 1.807) is 6.07 Å². The van der Waals surface area contributed by atoms with Crippen molar-refractivity contribution in [2.45, 2.75) is 13.0 Å². The Morgan fingerprint density at radius 2 is 2.42 bits per heavy atom. The minimum Gasteiger partial charge on any atom is -0.265 e. The van der Waals surface area contributed by atoms with Gasteiger partial charge in [0.15, 0.2) is 5.69 Å². The molecular weight excluding hydrogens is 279 g/mol. The highest BCUT2D eigenvalue weighted by molar-refractivity contribution is 14.1. The van der Waals surface area contributed by atoms with Gasteiger partial charge in [-0.05, 0) is 22.6 Å². The van der Waals surface area contributed by atoms with Gasteiger partial charge < -0.3 is 0 Å². The molecule has 6 heteroatoms. The van der Waals surface area contributed by atoms with Gasteiger partial charge in [0.25, 0.3) is 6.43 Å². The summed E-state index contributed by atoms with van der Waals surface area (Å²) in [5, 5.41) is 12.1. The molecule has 0 amide bonds. The molecule has 0 aliphatic heterocycles. The number of hydrogen-bond donors (Lipinski definition) is 0. The average Bonchev–Trinajstić information content (AvgIpc) is 2.29. The maximum Gasteiger partial charge on any atom is 0.257 e. The van der Waals surface area contributed by atoms with Crippen LogP contribution < -0.4 is 0 Å². The molecule has 64 valence electrons. The van der Waals surface area contributed by atoms with Crippen LogP contribution in [-0.2, 0) is 6.54 Å². The summed E-state index contributed by atoms with van der Waals surface area (Å²) < 4.78 is 25.3. The Hall–Kier alpha value is -0.710. The van der Waals surface area contributed by atoms with Crippen molar-refractivity contribution in [3.8, 4) is 6.07 Å². The number of alkyl halides is 2. The summed E-state index contributed by atoms with van der Waals surface area (Å²) in [6.07, 6.45) is -1.02. The third-order valence-corrected chi connectivity index (χ3v) is 1.94. The zero-order valence-electron chi connectivity index (χ0n) is 5.84. The van der Waals surface area contributed by atoms with Crippen LogP contribution in [0.4, 0.5) is 8.78 Å². The molecule has 0 aromatic carbocycles. The van der Waals surface area contributed by atoms with E-state index in [0.29, 0.717) is 3.57 Å². The number of nitrogens with zero attached hydrogens (tertiary/aromatic N) is 3. The van der Waals surface area contributed by atoms with Crippen molar-refractivity contribution in [3.63, 3.8) is 0 Å². The van der Waals surface area contributed by atoms with E-state index in [1.165, 1.54) is 6.20 Å². The van der Waals surface area contributed by atoms with Gasteiger partial charge in [0, 0.05) is 6.20 Å². The van der Waals surface area contributed by atoms with Crippen molar-refractivity contribution in [2.75, 3.05) is 0 Å². The third-order valence-electron chi connectivity index (χ3n) is 1.15. The summed E-state index contributed by atoms with van der Waals surface area (Å²) in [6.45, 7) is -0.461. The monoisotopic (exact) mass is 283 g/mol. The Balaban J connectivity index is 2.84. The number of halogens is 3. The van der Waals surface area contributed by atoms with Crippen molar-refractivity contribution in [1.82, 2.24) is 9.78 Å². The molecule has 0 bridgehead atoms. The standard InChI is InChI=1S/C6H4F2IN3/c7-6(8)3-12-2-4(9)5(1-10)11-12/h2,6H,3H2. The van der Waals surface area contributed by atoms with Crippen LogP contribution in [0.1, 0.15) is 5.69 Å². The van der Waals surface area contributed by atoms with E-state index < -0.39 is 13.0 Å². The van der Waals surface area contributed by atoms with Crippen LogP contribution >= 0.6 is 22.6 Å². The lowest BCUT2D eigenvalue weighted by molar-refractivity contribution is 0.122. The van der Waals surface area contributed by atoms with Crippen molar-refractivity contribution in [3.05, 3.63) is 15.5 Å². The quantitative estimate of drug-likeness (QED) is 0.774. The van der Waals surface area contributed by atoms with Gasteiger partial charge in [-0.15, -0.1) is 0 Å². The molecule has 0 unspecified atom stereocenters. The first-order chi connectivity index (χ1) is 5.63. The molecule has 1 rings (SSSR count). The van der Waals surface area contributed by atoms with Crippen LogP contribution in [0.15, 0.2) is 6.20 Å². The van der Waals surface area contributed by atoms with Crippen molar-refractivity contribution in [1.29, 1.82) is 5.26 Å². The Bertz CT molecular complexity index is 315. The highest BCUT2D eigenvalue weighted by Crippen LogP contribution is 2.09. The number of nitriles is 1. The van der Waals surface area contributed by atoms with E-state index in [0.717, 1.165) is 4.68 Å². The Kier molecular flexibility index (Phi) is 2.97. The summed E-state index contributed by atoms with van der Waals surface area (Å²) in [4.78, 5) is 0. The van der Waals surface area contributed by atoms with Crippen LogP contribution in [0.25, 0.3) is 0 Å².